The van der Waals surface area contributed by atoms with E-state index in [-0.39, 0.29) is 2.85 Å². The number of rotatable bonds is 0. The maximum atomic E-state index is 9.00. The summed E-state index contributed by atoms with van der Waals surface area (Å²) < 4.78 is 0. The van der Waals surface area contributed by atoms with E-state index in [0.29, 0.717) is 0 Å². The van der Waals surface area contributed by atoms with Crippen molar-refractivity contribution >= 4 is 5.97 Å². The molecule has 0 rings (SSSR count). The Labute approximate surface area is 27.0 Å². The fraction of sp³-hybridized carbons (Fsp3) is 0.500. The van der Waals surface area contributed by atoms with Crippen LogP contribution in [-0.2, 0) is 4.79 Å². The van der Waals surface area contributed by atoms with Gasteiger partial charge in [0.15, 0.2) is 0 Å². The Morgan fingerprint density at radius 1 is 2.25 bits per heavy atom. The fourth-order valence-corrected chi connectivity index (χ4v) is 0. The van der Waals surface area contributed by atoms with E-state index in [9.17, 15) is 0 Å². The topological polar surface area (TPSA) is 37.3 Å². The third-order valence-corrected chi connectivity index (χ3v) is 0. The molecule has 1 N–H and O–H groups in total. The zero-order valence-corrected chi connectivity index (χ0v) is 2.36. The lowest BCUT2D eigenvalue weighted by Crippen LogP contribution is -1.78. The fourth-order valence-electron chi connectivity index (χ4n) is 0. The van der Waals surface area contributed by atoms with Crippen molar-refractivity contribution in [3.63, 3.8) is 0 Å². The molecule has 0 amide bonds. The highest BCUT2D eigenvalue weighted by molar-refractivity contribution is 5.62. The molecule has 0 fully saturated rings. The van der Waals surface area contributed by atoms with Crippen molar-refractivity contribution in [3.05, 3.63) is 0 Å². The summed E-state index contributed by atoms with van der Waals surface area (Å²) in [7, 11) is 0. The zero-order chi connectivity index (χ0) is 3.58. The largest absolute Gasteiger partial charge is 1.00 e. The lowest BCUT2D eigenvalue weighted by atomic mass is 10.9. The molecule has 0 spiro atoms. The quantitative estimate of drug-likeness (QED) is 0.438. The maximum Gasteiger partial charge on any atom is 1.00 e. The molecule has 0 aromatic carbocycles. The van der Waals surface area contributed by atoms with E-state index in [1.165, 1.54) is 0 Å². The van der Waals surface area contributed by atoms with Gasteiger partial charge in [0.05, 0.1) is 0 Å². The Hall–Kier alpha value is -0.530. The van der Waals surface area contributed by atoms with Crippen LogP contribution in [0.2, 0.25) is 0 Å². The monoisotopic (exact) mass is 62.0 g/mol. The van der Waals surface area contributed by atoms with E-state index in [2.05, 4.69) is 0 Å². The smallest absolute Gasteiger partial charge is 0.481 e. The minimum absolute atomic E-state index is 0. The molecular weight excluding hydrogens is 56.0 g/mol. The maximum absolute atomic E-state index is 9.00. The molecule has 0 aliphatic carbocycles. The molecule has 0 aromatic heterocycles. The van der Waals surface area contributed by atoms with Gasteiger partial charge in [-0.1, -0.05) is 0 Å². The molecule has 2 heteroatoms. The van der Waals surface area contributed by atoms with E-state index < -0.39 is 5.97 Å². The highest BCUT2D eigenvalue weighted by Gasteiger charge is 1.65. The number of aliphatic carboxylic acids is 1. The van der Waals surface area contributed by atoms with Crippen molar-refractivity contribution in [3.8, 4) is 0 Å². The Balaban J connectivity index is -0.0000000450. The van der Waals surface area contributed by atoms with Gasteiger partial charge in [0.25, 0.3) is 5.97 Å². The molecule has 0 bridgehead atoms. The number of hydrogen-bond donors (Lipinski definition) is 1. The van der Waals surface area contributed by atoms with Crippen molar-refractivity contribution in [2.45, 2.75) is 6.92 Å². The minimum atomic E-state index is -0.833. The van der Waals surface area contributed by atoms with Crippen LogP contribution in [0.4, 0.5) is 0 Å². The molecule has 0 aromatic rings. The van der Waals surface area contributed by atoms with Crippen LogP contribution in [0.3, 0.4) is 0 Å². The molecule has 0 heterocycles. The van der Waals surface area contributed by atoms with Gasteiger partial charge >= 0.3 is 2.85 Å². The van der Waals surface area contributed by atoms with Gasteiger partial charge in [-0.15, -0.1) is 0 Å². The summed E-state index contributed by atoms with van der Waals surface area (Å²) in [6, 6.07) is 0. The van der Waals surface area contributed by atoms with Crippen molar-refractivity contribution in [2.24, 2.45) is 0 Å². The van der Waals surface area contributed by atoms with Crippen LogP contribution < -0.4 is 0 Å². The summed E-state index contributed by atoms with van der Waals surface area (Å²) in [5.41, 5.74) is 0. The van der Waals surface area contributed by atoms with Gasteiger partial charge in [-0.3, -0.25) is 4.79 Å². The molecule has 4 heavy (non-hydrogen) atoms. The van der Waals surface area contributed by atoms with Crippen molar-refractivity contribution in [1.29, 1.82) is 0 Å². The van der Waals surface area contributed by atoms with Crippen LogP contribution in [-0.4, -0.2) is 11.1 Å². The molecule has 2 nitrogen and oxygen atoms in total. The summed E-state index contributed by atoms with van der Waals surface area (Å²) in [5, 5.41) is 7.42. The first kappa shape index (κ1) is 3.47. The van der Waals surface area contributed by atoms with Gasteiger partial charge in [0.1, 0.15) is 0 Å². The molecule has 0 aliphatic heterocycles. The van der Waals surface area contributed by atoms with Crippen molar-refractivity contribution in [2.75, 3.05) is 0 Å². The highest BCUT2D eigenvalue weighted by atomic mass is 16.4. The highest BCUT2D eigenvalue weighted by Crippen LogP contribution is 1.42. The predicted octanol–water partition coefficient (Wildman–Crippen LogP) is 0.316. The summed E-state index contributed by atoms with van der Waals surface area (Å²) in [5.74, 6) is -0.833. The Morgan fingerprint density at radius 3 is 2.25 bits per heavy atom. The predicted molar refractivity (Wildman–Crippen MR) is 15.5 cm³/mol. The van der Waals surface area contributed by atoms with Crippen LogP contribution in [0.1, 0.15) is 9.78 Å². The van der Waals surface area contributed by atoms with Crippen LogP contribution in [0, 0.1) is 0 Å². The second-order valence-electron chi connectivity index (χ2n) is 0.519. The first-order chi connectivity index (χ1) is 1.73. The SMILES string of the molecule is CC(=O)O.[H+].[H+]. The molecular formula is C2H6O2+2. The van der Waals surface area contributed by atoms with Crippen LogP contribution in [0.5, 0.6) is 0 Å². The van der Waals surface area contributed by atoms with Crippen molar-refractivity contribution in [1.82, 2.24) is 0 Å². The summed E-state index contributed by atoms with van der Waals surface area (Å²) in [6.07, 6.45) is 0. The molecule has 0 saturated carbocycles. The zero-order valence-electron chi connectivity index (χ0n) is 4.36. The van der Waals surface area contributed by atoms with Crippen LogP contribution >= 0.6 is 0 Å². The second-order valence-corrected chi connectivity index (χ2v) is 0.519. The van der Waals surface area contributed by atoms with Crippen LogP contribution in [0.25, 0.3) is 0 Å². The third kappa shape index (κ3) is 1.16. The number of hydrogen-bond acceptors (Lipinski definition) is 1. The van der Waals surface area contributed by atoms with Gasteiger partial charge in [-0.05, 0) is 0 Å². The van der Waals surface area contributed by atoms with Gasteiger partial charge in [-0.2, -0.15) is 0 Å². The summed E-state index contributed by atoms with van der Waals surface area (Å²) in [6.45, 7) is 1.08. The number of carbonyl (C=O) groups is 1. The molecule has 24 valence electrons. The van der Waals surface area contributed by atoms with E-state index in [0.717, 1.165) is 6.92 Å². The lowest BCUT2D eigenvalue weighted by Gasteiger charge is -1.59. The molecule has 0 atom stereocenters. The molecule has 0 radical (unpaired) electrons. The van der Waals surface area contributed by atoms with E-state index in [4.69, 9.17) is 9.90 Å². The number of carboxylic acids is 1. The average Bonchev–Trinajstić information content (AvgIpc) is 0.811. The summed E-state index contributed by atoms with van der Waals surface area (Å²) >= 11 is 0. The number of carboxylic acid groups (broad SMARTS) is 1. The normalized spacial score (nSPS) is 6.25. The minimum Gasteiger partial charge on any atom is -0.481 e. The molecule has 0 saturated heterocycles. The van der Waals surface area contributed by atoms with Crippen molar-refractivity contribution < 1.29 is 12.8 Å². The first-order valence-electron chi connectivity index (χ1n) is 0.928. The molecule has 0 aliphatic rings. The Bertz CT molecular complexity index is 32.5. The van der Waals surface area contributed by atoms with Gasteiger partial charge in [0, 0.05) is 6.92 Å². The first-order valence-corrected chi connectivity index (χ1v) is 0.928. The van der Waals surface area contributed by atoms with Gasteiger partial charge < -0.3 is 5.11 Å². The van der Waals surface area contributed by atoms with E-state index in [1.807, 2.05) is 0 Å². The van der Waals surface area contributed by atoms with E-state index >= 15 is 0 Å². The Kier molecular flexibility index (Phi) is 0.759. The standard InChI is InChI=1S/C2H4O2/c1-2(3)4/h1H3,(H,3,4)/p+2. The van der Waals surface area contributed by atoms with Crippen LogP contribution in [0.15, 0.2) is 0 Å². The summed E-state index contributed by atoms with van der Waals surface area (Å²) in [4.78, 5) is 9.00. The lowest BCUT2D eigenvalue weighted by molar-refractivity contribution is -0.134. The third-order valence-electron chi connectivity index (χ3n) is 0. The van der Waals surface area contributed by atoms with Gasteiger partial charge in [-0.25, -0.2) is 0 Å². The van der Waals surface area contributed by atoms with Gasteiger partial charge in [0.2, 0.25) is 0 Å². The average molecular weight is 62.1 g/mol. The molecule has 0 unspecified atom stereocenters. The Morgan fingerprint density at radius 2 is 2.25 bits per heavy atom. The van der Waals surface area contributed by atoms with E-state index in [1.54, 1.807) is 0 Å². The second kappa shape index (κ2) is 0.875.